The van der Waals surface area contributed by atoms with Crippen molar-refractivity contribution in [1.82, 2.24) is 10.6 Å². The molecule has 0 saturated heterocycles. The molecule has 3 rings (SSSR count). The molecule has 1 atom stereocenters. The van der Waals surface area contributed by atoms with Crippen LogP contribution in [0.4, 0.5) is 0 Å². The Bertz CT molecular complexity index is 1030. The third-order valence-electron chi connectivity index (χ3n) is 4.21. The smallest absolute Gasteiger partial charge is 0.309 e. The average Bonchev–Trinajstić information content (AvgIpc) is 3.43. The van der Waals surface area contributed by atoms with Gasteiger partial charge in [0.2, 0.25) is 0 Å². The molecule has 0 aliphatic heterocycles. The molecule has 0 aliphatic carbocycles. The van der Waals surface area contributed by atoms with Crippen LogP contribution >= 0.6 is 11.3 Å². The number of benzene rings is 1. The Morgan fingerprint density at radius 3 is 2.38 bits per heavy atom. The van der Waals surface area contributed by atoms with Gasteiger partial charge in [-0.1, -0.05) is 36.4 Å². The number of thiophene rings is 1. The maximum atomic E-state index is 12.9. The van der Waals surface area contributed by atoms with E-state index in [2.05, 4.69) is 10.6 Å². The molecule has 152 valence electrons. The first-order chi connectivity index (χ1) is 14.0. The van der Waals surface area contributed by atoms with E-state index in [1.165, 1.54) is 18.4 Å². The van der Waals surface area contributed by atoms with Crippen LogP contribution in [0.25, 0.3) is 0 Å². The molecule has 0 saturated carbocycles. The minimum atomic E-state index is -3.78. The first-order valence-corrected chi connectivity index (χ1v) is 11.3. The maximum Gasteiger partial charge on any atom is 0.309 e. The fraction of sp³-hybridized carbons (Fsp3) is 0.200. The first-order valence-electron chi connectivity index (χ1n) is 8.89. The summed E-state index contributed by atoms with van der Waals surface area (Å²) in [6.07, 6.45) is 1.95. The monoisotopic (exact) mass is 432 g/mol. The summed E-state index contributed by atoms with van der Waals surface area (Å²) in [5.41, 5.74) is 1.04. The molecule has 0 radical (unpaired) electrons. The molecule has 0 bridgehead atoms. The van der Waals surface area contributed by atoms with Crippen LogP contribution in [0.3, 0.4) is 0 Å². The van der Waals surface area contributed by atoms with Crippen molar-refractivity contribution >= 4 is 33.0 Å². The lowest BCUT2D eigenvalue weighted by Crippen LogP contribution is -2.42. The summed E-state index contributed by atoms with van der Waals surface area (Å²) in [7, 11) is -3.78. The van der Waals surface area contributed by atoms with Crippen molar-refractivity contribution in [2.45, 2.75) is 15.9 Å². The second-order valence-corrected chi connectivity index (χ2v) is 9.49. The molecule has 3 aromatic rings. The molecule has 2 heterocycles. The largest absolute Gasteiger partial charge is 0.468 e. The Kier molecular flexibility index (Phi) is 6.84. The molecule has 0 spiro atoms. The number of hydrogen-bond acceptors (Lipinski definition) is 6. The highest BCUT2D eigenvalue weighted by molar-refractivity contribution is 7.93. The van der Waals surface area contributed by atoms with E-state index in [-0.39, 0.29) is 16.5 Å². The molecule has 29 heavy (non-hydrogen) atoms. The minimum Gasteiger partial charge on any atom is -0.468 e. The van der Waals surface area contributed by atoms with Gasteiger partial charge in [-0.15, -0.1) is 11.3 Å². The lowest BCUT2D eigenvalue weighted by atomic mass is 10.1. The molecule has 7 nitrogen and oxygen atoms in total. The SMILES string of the molecule is O=C(NCCc1ccccc1)C(=O)NC[C@@H](c1ccco1)S(=O)(=O)c1cccs1. The Labute approximate surface area is 172 Å². The fourth-order valence-corrected chi connectivity index (χ4v) is 5.51. The van der Waals surface area contributed by atoms with Crippen LogP contribution in [0.2, 0.25) is 0 Å². The Morgan fingerprint density at radius 2 is 1.72 bits per heavy atom. The molecule has 0 unspecified atom stereocenters. The van der Waals surface area contributed by atoms with E-state index >= 15 is 0 Å². The van der Waals surface area contributed by atoms with Gasteiger partial charge >= 0.3 is 11.8 Å². The lowest BCUT2D eigenvalue weighted by molar-refractivity contribution is -0.139. The zero-order valence-electron chi connectivity index (χ0n) is 15.4. The van der Waals surface area contributed by atoms with E-state index < -0.39 is 26.9 Å². The minimum absolute atomic E-state index is 0.167. The molecule has 1 aromatic carbocycles. The molecule has 2 N–H and O–H groups in total. The van der Waals surface area contributed by atoms with Gasteiger partial charge < -0.3 is 15.1 Å². The van der Waals surface area contributed by atoms with Crippen LogP contribution in [0.15, 0.2) is 74.9 Å². The number of nitrogens with one attached hydrogen (secondary N) is 2. The molecule has 2 amide bonds. The second kappa shape index (κ2) is 9.53. The summed E-state index contributed by atoms with van der Waals surface area (Å²) >= 11 is 1.08. The molecular weight excluding hydrogens is 412 g/mol. The summed E-state index contributed by atoms with van der Waals surface area (Å²) in [6, 6.07) is 15.8. The number of sulfone groups is 1. The molecule has 0 aliphatic rings. The number of carbonyl (C=O) groups is 2. The number of carbonyl (C=O) groups excluding carboxylic acids is 2. The second-order valence-electron chi connectivity index (χ2n) is 6.18. The van der Waals surface area contributed by atoms with Gasteiger partial charge in [0.05, 0.1) is 6.26 Å². The van der Waals surface area contributed by atoms with Crippen LogP contribution in [0.1, 0.15) is 16.6 Å². The molecule has 9 heteroatoms. The summed E-state index contributed by atoms with van der Waals surface area (Å²) in [5, 5.41) is 5.47. The fourth-order valence-electron chi connectivity index (χ4n) is 2.71. The summed E-state index contributed by atoms with van der Waals surface area (Å²) < 4.78 is 31.2. The maximum absolute atomic E-state index is 12.9. The van der Waals surface area contributed by atoms with Crippen molar-refractivity contribution in [2.75, 3.05) is 13.1 Å². The van der Waals surface area contributed by atoms with Gasteiger partial charge in [0.25, 0.3) is 0 Å². The van der Waals surface area contributed by atoms with E-state index in [1.807, 2.05) is 30.3 Å². The van der Waals surface area contributed by atoms with Gasteiger partial charge in [0, 0.05) is 13.1 Å². The highest BCUT2D eigenvalue weighted by Gasteiger charge is 2.33. The van der Waals surface area contributed by atoms with E-state index in [1.54, 1.807) is 17.5 Å². The highest BCUT2D eigenvalue weighted by Crippen LogP contribution is 2.31. The number of hydrogen-bond donors (Lipinski definition) is 2. The molecular formula is C20H20N2O5S2. The molecule has 2 aromatic heterocycles. The van der Waals surface area contributed by atoms with Crippen molar-refractivity contribution in [3.05, 3.63) is 77.6 Å². The summed E-state index contributed by atoms with van der Waals surface area (Å²) in [4.78, 5) is 24.1. The third-order valence-corrected chi connectivity index (χ3v) is 7.70. The van der Waals surface area contributed by atoms with Crippen LogP contribution in [0, 0.1) is 0 Å². The van der Waals surface area contributed by atoms with Gasteiger partial charge in [-0.2, -0.15) is 0 Å². The van der Waals surface area contributed by atoms with E-state index in [0.717, 1.165) is 16.9 Å². The normalized spacial score (nSPS) is 12.3. The van der Waals surface area contributed by atoms with Gasteiger partial charge in [0.15, 0.2) is 9.84 Å². The van der Waals surface area contributed by atoms with Crippen molar-refractivity contribution in [1.29, 1.82) is 0 Å². The van der Waals surface area contributed by atoms with Crippen LogP contribution < -0.4 is 10.6 Å². The average molecular weight is 433 g/mol. The third kappa shape index (κ3) is 5.33. The summed E-state index contributed by atoms with van der Waals surface area (Å²) in [6.45, 7) is 0.0179. The number of amides is 2. The van der Waals surface area contributed by atoms with Gasteiger partial charge in [-0.05, 0) is 35.6 Å². The number of furan rings is 1. The predicted molar refractivity (Wildman–Crippen MR) is 109 cm³/mol. The molecule has 0 fully saturated rings. The lowest BCUT2D eigenvalue weighted by Gasteiger charge is -2.15. The van der Waals surface area contributed by atoms with E-state index in [4.69, 9.17) is 4.42 Å². The standard InChI is InChI=1S/C20H20N2O5S2/c23-19(21-11-10-15-6-2-1-3-7-15)20(24)22-14-17(16-8-4-12-27-16)29(25,26)18-9-5-13-28-18/h1-9,12-13,17H,10-11,14H2,(H,21,23)(H,22,24)/t17-/m0/s1. The Balaban J connectivity index is 1.59. The van der Waals surface area contributed by atoms with E-state index in [0.29, 0.717) is 13.0 Å². The quantitative estimate of drug-likeness (QED) is 0.532. The van der Waals surface area contributed by atoms with Crippen molar-refractivity contribution < 1.29 is 22.4 Å². The van der Waals surface area contributed by atoms with Crippen LogP contribution in [-0.4, -0.2) is 33.3 Å². The first kappa shape index (κ1) is 20.8. The zero-order valence-corrected chi connectivity index (χ0v) is 17.0. The van der Waals surface area contributed by atoms with Gasteiger partial charge in [0.1, 0.15) is 15.2 Å². The van der Waals surface area contributed by atoms with E-state index in [9.17, 15) is 18.0 Å². The van der Waals surface area contributed by atoms with Crippen molar-refractivity contribution in [3.8, 4) is 0 Å². The Hall–Kier alpha value is -2.91. The Morgan fingerprint density at radius 1 is 0.966 bits per heavy atom. The number of rotatable bonds is 8. The highest BCUT2D eigenvalue weighted by atomic mass is 32.2. The van der Waals surface area contributed by atoms with Crippen LogP contribution in [-0.2, 0) is 25.8 Å². The predicted octanol–water partition coefficient (Wildman–Crippen LogP) is 2.33. The van der Waals surface area contributed by atoms with Crippen LogP contribution in [0.5, 0.6) is 0 Å². The summed E-state index contributed by atoms with van der Waals surface area (Å²) in [5.74, 6) is -1.51. The van der Waals surface area contributed by atoms with Gasteiger partial charge in [-0.25, -0.2) is 8.42 Å². The topological polar surface area (TPSA) is 105 Å². The van der Waals surface area contributed by atoms with Crippen molar-refractivity contribution in [2.24, 2.45) is 0 Å². The van der Waals surface area contributed by atoms with Crippen molar-refractivity contribution in [3.63, 3.8) is 0 Å². The van der Waals surface area contributed by atoms with Gasteiger partial charge in [-0.3, -0.25) is 9.59 Å². The zero-order chi connectivity index (χ0) is 20.7.